The van der Waals surface area contributed by atoms with Crippen molar-refractivity contribution in [1.29, 1.82) is 0 Å². The van der Waals surface area contributed by atoms with Gasteiger partial charge in [-0.1, -0.05) is 84.7 Å². The number of hydrogen-bond donors (Lipinski definition) is 2. The van der Waals surface area contributed by atoms with E-state index in [0.29, 0.717) is 28.2 Å². The molecule has 1 amide bonds. The minimum Gasteiger partial charge on any atom is -0.348 e. The van der Waals surface area contributed by atoms with Crippen molar-refractivity contribution >= 4 is 40.0 Å². The van der Waals surface area contributed by atoms with Crippen molar-refractivity contribution in [3.8, 4) is 0 Å². The first kappa shape index (κ1) is 27.7. The molecule has 39 heavy (non-hydrogen) atoms. The van der Waals surface area contributed by atoms with E-state index < -0.39 is 0 Å². The fraction of sp³-hybridized carbons (Fsp3) is 0.344. The Hall–Kier alpha value is -2.83. The second-order valence-electron chi connectivity index (χ2n) is 10.3. The van der Waals surface area contributed by atoms with Gasteiger partial charge in [-0.3, -0.25) is 9.69 Å². The van der Waals surface area contributed by atoms with Crippen molar-refractivity contribution in [2.24, 2.45) is 0 Å². The average molecular weight is 564 g/mol. The Morgan fingerprint density at radius 2 is 1.85 bits per heavy atom. The number of likely N-dealkylation sites (tertiary alicyclic amines) is 1. The maximum absolute atomic E-state index is 13.3. The lowest BCUT2D eigenvalue weighted by Crippen LogP contribution is -2.33. The summed E-state index contributed by atoms with van der Waals surface area (Å²) in [7, 11) is 0. The number of para-hydroxylation sites is 1. The van der Waals surface area contributed by atoms with Crippen LogP contribution in [-0.2, 0) is 26.1 Å². The second-order valence-corrected chi connectivity index (χ2v) is 11.2. The SMILES string of the molecule is CCc1cccc2c(C(=O)NCc3ccc(Cl)c(Cl)c3)cn(CCCNC3CCN(Cc4ccccc4)C3)c12. The molecule has 0 spiro atoms. The van der Waals surface area contributed by atoms with Gasteiger partial charge in [-0.25, -0.2) is 0 Å². The van der Waals surface area contributed by atoms with E-state index in [2.05, 4.69) is 69.5 Å². The Morgan fingerprint density at radius 3 is 2.64 bits per heavy atom. The van der Waals surface area contributed by atoms with Gasteiger partial charge in [0.05, 0.1) is 21.1 Å². The fourth-order valence-electron chi connectivity index (χ4n) is 5.55. The van der Waals surface area contributed by atoms with Crippen LogP contribution in [0.25, 0.3) is 10.9 Å². The zero-order chi connectivity index (χ0) is 27.2. The second kappa shape index (κ2) is 13.0. The number of carbonyl (C=O) groups excluding carboxylic acids is 1. The lowest BCUT2D eigenvalue weighted by molar-refractivity contribution is 0.0952. The van der Waals surface area contributed by atoms with E-state index in [4.69, 9.17) is 23.2 Å². The van der Waals surface area contributed by atoms with Crippen molar-refractivity contribution in [2.45, 2.75) is 51.9 Å². The Morgan fingerprint density at radius 1 is 1.00 bits per heavy atom. The predicted molar refractivity (Wildman–Crippen MR) is 162 cm³/mol. The normalized spacial score (nSPS) is 15.7. The topological polar surface area (TPSA) is 49.3 Å². The molecule has 204 valence electrons. The molecule has 0 radical (unpaired) electrons. The summed E-state index contributed by atoms with van der Waals surface area (Å²) in [5, 5.41) is 8.82. The predicted octanol–water partition coefficient (Wildman–Crippen LogP) is 6.69. The maximum atomic E-state index is 13.3. The lowest BCUT2D eigenvalue weighted by atomic mass is 10.1. The van der Waals surface area contributed by atoms with Crippen molar-refractivity contribution in [3.63, 3.8) is 0 Å². The highest BCUT2D eigenvalue weighted by Gasteiger charge is 2.22. The standard InChI is InChI=1S/C32H36Cl2N4O/c1-2-25-10-6-11-27-28(32(39)36-19-24-12-13-29(33)30(34)18-24)22-38(31(25)27)16-7-15-35-26-14-17-37(21-26)20-23-8-4-3-5-9-23/h3-6,8-13,18,22,26,35H,2,7,14-17,19-21H2,1H3,(H,36,39). The van der Waals surface area contributed by atoms with Gasteiger partial charge in [-0.2, -0.15) is 0 Å². The van der Waals surface area contributed by atoms with Gasteiger partial charge in [0.15, 0.2) is 0 Å². The third kappa shape index (κ3) is 6.85. The Bertz CT molecular complexity index is 1420. The summed E-state index contributed by atoms with van der Waals surface area (Å²) in [6.07, 6.45) is 5.12. The molecule has 1 atom stereocenters. The fourth-order valence-corrected chi connectivity index (χ4v) is 5.87. The molecule has 5 rings (SSSR count). The van der Waals surface area contributed by atoms with E-state index in [1.54, 1.807) is 12.1 Å². The molecule has 1 unspecified atom stereocenters. The number of rotatable bonds is 11. The zero-order valence-electron chi connectivity index (χ0n) is 22.4. The van der Waals surface area contributed by atoms with Gasteiger partial charge >= 0.3 is 0 Å². The van der Waals surface area contributed by atoms with E-state index >= 15 is 0 Å². The molecule has 3 aromatic carbocycles. The number of fused-ring (bicyclic) bond motifs is 1. The number of hydrogen-bond acceptors (Lipinski definition) is 3. The first-order chi connectivity index (χ1) is 19.0. The van der Waals surface area contributed by atoms with Crippen LogP contribution in [0.15, 0.2) is 72.9 Å². The summed E-state index contributed by atoms with van der Waals surface area (Å²) in [4.78, 5) is 15.8. The molecule has 7 heteroatoms. The summed E-state index contributed by atoms with van der Waals surface area (Å²) in [6, 6.07) is 22.9. The number of halogens is 2. The average Bonchev–Trinajstić information content (AvgIpc) is 3.56. The number of nitrogens with one attached hydrogen (secondary N) is 2. The molecular formula is C32H36Cl2N4O. The van der Waals surface area contributed by atoms with Gasteiger partial charge in [-0.05, 0) is 54.6 Å². The number of carbonyl (C=O) groups is 1. The Balaban J connectivity index is 1.19. The molecular weight excluding hydrogens is 527 g/mol. The van der Waals surface area contributed by atoms with Crippen LogP contribution in [0.3, 0.4) is 0 Å². The van der Waals surface area contributed by atoms with Crippen LogP contribution in [-0.4, -0.2) is 41.1 Å². The maximum Gasteiger partial charge on any atom is 0.253 e. The van der Waals surface area contributed by atoms with Crippen LogP contribution in [0.1, 0.15) is 46.8 Å². The molecule has 2 N–H and O–H groups in total. The van der Waals surface area contributed by atoms with Gasteiger partial charge in [0, 0.05) is 50.3 Å². The highest BCUT2D eigenvalue weighted by molar-refractivity contribution is 6.42. The lowest BCUT2D eigenvalue weighted by Gasteiger charge is -2.17. The molecule has 0 bridgehead atoms. The third-order valence-electron chi connectivity index (χ3n) is 7.57. The van der Waals surface area contributed by atoms with Crippen LogP contribution in [0.4, 0.5) is 0 Å². The first-order valence-electron chi connectivity index (χ1n) is 13.8. The summed E-state index contributed by atoms with van der Waals surface area (Å²) in [5.74, 6) is -0.0827. The van der Waals surface area contributed by atoms with Crippen LogP contribution in [0.5, 0.6) is 0 Å². The quantitative estimate of drug-likeness (QED) is 0.200. The monoisotopic (exact) mass is 562 g/mol. The van der Waals surface area contributed by atoms with Gasteiger partial charge in [0.2, 0.25) is 0 Å². The van der Waals surface area contributed by atoms with Gasteiger partial charge in [0.25, 0.3) is 5.91 Å². The van der Waals surface area contributed by atoms with Crippen molar-refractivity contribution < 1.29 is 4.79 Å². The molecule has 4 aromatic rings. The number of aryl methyl sites for hydroxylation is 2. The highest BCUT2D eigenvalue weighted by Crippen LogP contribution is 2.27. The third-order valence-corrected chi connectivity index (χ3v) is 8.31. The van der Waals surface area contributed by atoms with Gasteiger partial charge in [0.1, 0.15) is 0 Å². The molecule has 1 aliphatic rings. The molecule has 1 saturated heterocycles. The molecule has 1 aromatic heterocycles. The summed E-state index contributed by atoms with van der Waals surface area (Å²) < 4.78 is 2.26. The summed E-state index contributed by atoms with van der Waals surface area (Å²) in [5.41, 5.74) is 5.42. The van der Waals surface area contributed by atoms with E-state index in [1.807, 2.05) is 18.3 Å². The van der Waals surface area contributed by atoms with E-state index in [0.717, 1.165) is 62.0 Å². The van der Waals surface area contributed by atoms with Crippen LogP contribution >= 0.6 is 23.2 Å². The minimum absolute atomic E-state index is 0.0827. The van der Waals surface area contributed by atoms with Crippen molar-refractivity contribution in [3.05, 3.63) is 105 Å². The highest BCUT2D eigenvalue weighted by atomic mass is 35.5. The number of benzene rings is 3. The van der Waals surface area contributed by atoms with Gasteiger partial charge < -0.3 is 15.2 Å². The van der Waals surface area contributed by atoms with Crippen LogP contribution in [0, 0.1) is 0 Å². The summed E-state index contributed by atoms with van der Waals surface area (Å²) in [6.45, 7) is 7.61. The van der Waals surface area contributed by atoms with Crippen LogP contribution < -0.4 is 10.6 Å². The molecule has 0 aliphatic carbocycles. The molecule has 1 fully saturated rings. The Labute approximate surface area is 241 Å². The first-order valence-corrected chi connectivity index (χ1v) is 14.6. The largest absolute Gasteiger partial charge is 0.348 e. The van der Waals surface area contributed by atoms with E-state index in [1.165, 1.54) is 17.5 Å². The molecule has 2 heterocycles. The number of nitrogens with zero attached hydrogens (tertiary/aromatic N) is 2. The molecule has 5 nitrogen and oxygen atoms in total. The van der Waals surface area contributed by atoms with E-state index in [-0.39, 0.29) is 5.91 Å². The number of aromatic nitrogens is 1. The minimum atomic E-state index is -0.0827. The van der Waals surface area contributed by atoms with Crippen molar-refractivity contribution in [1.82, 2.24) is 20.1 Å². The number of amides is 1. The molecule has 0 saturated carbocycles. The summed E-state index contributed by atoms with van der Waals surface area (Å²) >= 11 is 12.2. The zero-order valence-corrected chi connectivity index (χ0v) is 23.9. The van der Waals surface area contributed by atoms with Crippen LogP contribution in [0.2, 0.25) is 10.0 Å². The van der Waals surface area contributed by atoms with Crippen molar-refractivity contribution in [2.75, 3.05) is 19.6 Å². The van der Waals surface area contributed by atoms with E-state index in [9.17, 15) is 4.79 Å². The van der Waals surface area contributed by atoms with Gasteiger partial charge in [-0.15, -0.1) is 0 Å². The molecule has 1 aliphatic heterocycles. The Kier molecular flexibility index (Phi) is 9.25. The smallest absolute Gasteiger partial charge is 0.253 e.